The minimum atomic E-state index is 0.625. The van der Waals surface area contributed by atoms with Crippen LogP contribution in [0.25, 0.3) is 0 Å². The molecule has 0 spiro atoms. The highest BCUT2D eigenvalue weighted by Crippen LogP contribution is 2.65. The van der Waals surface area contributed by atoms with Crippen molar-refractivity contribution in [1.29, 1.82) is 0 Å². The van der Waals surface area contributed by atoms with E-state index in [1.54, 1.807) is 11.1 Å². The maximum Gasteiger partial charge on any atom is 0.0388 e. The minimum absolute atomic E-state index is 0.625. The van der Waals surface area contributed by atoms with E-state index in [1.807, 2.05) is 5.57 Å². The molecule has 1 heteroatoms. The van der Waals surface area contributed by atoms with Crippen molar-refractivity contribution >= 4 is 0 Å². The normalized spacial score (nSPS) is 52.2. The molecule has 0 aromatic rings. The molecular formula is C28H33N. The van der Waals surface area contributed by atoms with Crippen molar-refractivity contribution in [2.24, 2.45) is 47.3 Å². The van der Waals surface area contributed by atoms with Crippen LogP contribution in [0.4, 0.5) is 0 Å². The largest absolute Gasteiger partial charge is 0.309 e. The molecule has 2 bridgehead atoms. The van der Waals surface area contributed by atoms with Crippen molar-refractivity contribution < 1.29 is 0 Å². The van der Waals surface area contributed by atoms with E-state index in [0.29, 0.717) is 23.8 Å². The number of hydrogen-bond donors (Lipinski definition) is 1. The van der Waals surface area contributed by atoms with E-state index in [2.05, 4.69) is 54.5 Å². The van der Waals surface area contributed by atoms with Crippen molar-refractivity contribution in [1.82, 2.24) is 5.32 Å². The van der Waals surface area contributed by atoms with Gasteiger partial charge >= 0.3 is 0 Å². The fourth-order valence-corrected chi connectivity index (χ4v) is 8.60. The van der Waals surface area contributed by atoms with Crippen LogP contribution in [0.15, 0.2) is 47.1 Å². The Hall–Kier alpha value is -1.52. The van der Waals surface area contributed by atoms with Crippen molar-refractivity contribution in [3.05, 3.63) is 47.1 Å². The molecule has 0 amide bonds. The lowest BCUT2D eigenvalue weighted by Crippen LogP contribution is -2.71. The zero-order valence-electron chi connectivity index (χ0n) is 17.6. The maximum absolute atomic E-state index is 4.17. The van der Waals surface area contributed by atoms with Crippen LogP contribution in [0.1, 0.15) is 51.9 Å². The molecule has 1 saturated heterocycles. The van der Waals surface area contributed by atoms with E-state index in [9.17, 15) is 0 Å². The summed E-state index contributed by atoms with van der Waals surface area (Å²) in [7, 11) is 0. The summed E-state index contributed by atoms with van der Waals surface area (Å²) in [6.07, 6.45) is 21.6. The summed E-state index contributed by atoms with van der Waals surface area (Å²) in [5.41, 5.74) is 5.20. The van der Waals surface area contributed by atoms with Crippen LogP contribution in [0.3, 0.4) is 0 Å². The Labute approximate surface area is 175 Å². The van der Waals surface area contributed by atoms with Gasteiger partial charge in [0.2, 0.25) is 0 Å². The Bertz CT molecular complexity index is 920. The summed E-state index contributed by atoms with van der Waals surface area (Å²) in [6.45, 7) is 2.42. The summed E-state index contributed by atoms with van der Waals surface area (Å²) in [5, 5.41) is 4.17. The van der Waals surface area contributed by atoms with Crippen LogP contribution in [0.5, 0.6) is 0 Å². The van der Waals surface area contributed by atoms with E-state index in [-0.39, 0.29) is 0 Å². The molecule has 2 saturated carbocycles. The molecule has 29 heavy (non-hydrogen) atoms. The third kappa shape index (κ3) is 2.33. The van der Waals surface area contributed by atoms with Crippen molar-refractivity contribution in [3.63, 3.8) is 0 Å². The van der Waals surface area contributed by atoms with Crippen molar-refractivity contribution in [3.8, 4) is 11.8 Å². The highest BCUT2D eigenvalue weighted by molar-refractivity contribution is 5.44. The van der Waals surface area contributed by atoms with Crippen LogP contribution >= 0.6 is 0 Å². The third-order valence-electron chi connectivity index (χ3n) is 9.81. The fraction of sp³-hybridized carbons (Fsp3) is 0.643. The second-order valence-electron chi connectivity index (χ2n) is 11.0. The average Bonchev–Trinajstić information content (AvgIpc) is 3.13. The fourth-order valence-electron chi connectivity index (χ4n) is 8.60. The molecule has 1 nitrogen and oxygen atoms in total. The van der Waals surface area contributed by atoms with Gasteiger partial charge in [-0.3, -0.25) is 0 Å². The zero-order valence-corrected chi connectivity index (χ0v) is 17.6. The van der Waals surface area contributed by atoms with E-state index in [0.717, 1.165) is 42.1 Å². The van der Waals surface area contributed by atoms with Gasteiger partial charge in [0.25, 0.3) is 0 Å². The molecule has 0 aromatic carbocycles. The first-order valence-electron chi connectivity index (χ1n) is 12.3. The second-order valence-corrected chi connectivity index (χ2v) is 11.0. The van der Waals surface area contributed by atoms with Gasteiger partial charge in [-0.2, -0.15) is 0 Å². The molecule has 6 aliphatic carbocycles. The van der Waals surface area contributed by atoms with Gasteiger partial charge < -0.3 is 5.32 Å². The molecule has 7 aliphatic rings. The first-order valence-corrected chi connectivity index (χ1v) is 12.3. The molecule has 3 fully saturated rings. The number of nitrogens with one attached hydrogen (secondary N) is 1. The number of fused-ring (bicyclic) bond motifs is 5. The first-order chi connectivity index (χ1) is 14.3. The summed E-state index contributed by atoms with van der Waals surface area (Å²) < 4.78 is 0. The van der Waals surface area contributed by atoms with Gasteiger partial charge in [-0.15, -0.1) is 5.92 Å². The van der Waals surface area contributed by atoms with Crippen LogP contribution in [-0.4, -0.2) is 12.1 Å². The number of rotatable bonds is 1. The quantitative estimate of drug-likeness (QED) is 0.596. The van der Waals surface area contributed by atoms with Gasteiger partial charge in [0, 0.05) is 36.3 Å². The highest BCUT2D eigenvalue weighted by Gasteiger charge is 2.64. The SMILES string of the molecule is CC1CC=C/C1=C/C1C2=C(C=CCC2)C2C3CC1CC1C4C#CCCC4NC2[C@H]13. The van der Waals surface area contributed by atoms with E-state index in [1.165, 1.54) is 38.5 Å². The lowest BCUT2D eigenvalue weighted by Gasteiger charge is -2.65. The predicted octanol–water partition coefficient (Wildman–Crippen LogP) is 5.43. The first kappa shape index (κ1) is 17.2. The smallest absolute Gasteiger partial charge is 0.0388 e. The Morgan fingerprint density at radius 3 is 2.97 bits per heavy atom. The zero-order chi connectivity index (χ0) is 19.1. The Balaban J connectivity index is 1.36. The van der Waals surface area contributed by atoms with Crippen molar-refractivity contribution in [2.45, 2.75) is 64.0 Å². The van der Waals surface area contributed by atoms with Gasteiger partial charge in [-0.1, -0.05) is 48.8 Å². The number of piperidine rings is 1. The van der Waals surface area contributed by atoms with Gasteiger partial charge in [-0.05, 0) is 79.3 Å². The van der Waals surface area contributed by atoms with Gasteiger partial charge in [0.05, 0.1) is 0 Å². The molecule has 7 rings (SSSR count). The molecule has 1 heterocycles. The number of hydrogen-bond acceptors (Lipinski definition) is 1. The summed E-state index contributed by atoms with van der Waals surface area (Å²) in [4.78, 5) is 0. The van der Waals surface area contributed by atoms with Crippen molar-refractivity contribution in [2.75, 3.05) is 0 Å². The maximum atomic E-state index is 4.17. The lowest BCUT2D eigenvalue weighted by molar-refractivity contribution is -0.109. The Morgan fingerprint density at radius 1 is 1.14 bits per heavy atom. The Morgan fingerprint density at radius 2 is 2.07 bits per heavy atom. The Kier molecular flexibility index (Phi) is 3.70. The minimum Gasteiger partial charge on any atom is -0.309 e. The molecular weight excluding hydrogens is 350 g/mol. The summed E-state index contributed by atoms with van der Waals surface area (Å²) in [6, 6.07) is 1.39. The molecule has 1 N–H and O–H groups in total. The van der Waals surface area contributed by atoms with Gasteiger partial charge in [-0.25, -0.2) is 0 Å². The third-order valence-corrected chi connectivity index (χ3v) is 9.81. The molecule has 9 unspecified atom stereocenters. The van der Waals surface area contributed by atoms with Crippen LogP contribution < -0.4 is 5.32 Å². The van der Waals surface area contributed by atoms with Crippen LogP contribution in [0, 0.1) is 59.2 Å². The monoisotopic (exact) mass is 383 g/mol. The molecule has 150 valence electrons. The molecule has 0 aromatic heterocycles. The van der Waals surface area contributed by atoms with E-state index < -0.39 is 0 Å². The van der Waals surface area contributed by atoms with Crippen LogP contribution in [0.2, 0.25) is 0 Å². The highest BCUT2D eigenvalue weighted by atomic mass is 15.0. The molecule has 10 atom stereocenters. The topological polar surface area (TPSA) is 12.0 Å². The van der Waals surface area contributed by atoms with Gasteiger partial charge in [0.1, 0.15) is 0 Å². The number of allylic oxidation sites excluding steroid dienone is 7. The predicted molar refractivity (Wildman–Crippen MR) is 118 cm³/mol. The van der Waals surface area contributed by atoms with Gasteiger partial charge in [0.15, 0.2) is 0 Å². The summed E-state index contributed by atoms with van der Waals surface area (Å²) >= 11 is 0. The molecule has 1 aliphatic heterocycles. The molecule has 0 radical (unpaired) electrons. The van der Waals surface area contributed by atoms with E-state index in [4.69, 9.17) is 0 Å². The van der Waals surface area contributed by atoms with E-state index >= 15 is 0 Å². The standard InChI is InChI=1S/C28H33N/c1-16-7-6-8-17(16)13-22-18-14-23-20-10-4-5-12-25(20)29-28-26(24(15-18)27(23)28)21-11-3-2-9-19(21)22/h3,6,8,11,13,16,18,20,22-29H,2,5,7,9,12,14-15H2,1H3/b17-13-/t16?,18?,20?,22?,23?,24?,25?,26?,27-,28?/m1/s1. The average molecular weight is 384 g/mol. The second kappa shape index (κ2) is 6.24. The summed E-state index contributed by atoms with van der Waals surface area (Å²) in [5.74, 6) is 13.5. The lowest BCUT2D eigenvalue weighted by atomic mass is 9.44. The van der Waals surface area contributed by atoms with Crippen LogP contribution in [-0.2, 0) is 0 Å².